The third kappa shape index (κ3) is 5.10. The van der Waals surface area contributed by atoms with Gasteiger partial charge in [0, 0.05) is 25.0 Å². The SMILES string of the molecule is CCOC(=O)[C@H](C)NC1CCN(Cc2ccncc2)CC1. The number of ether oxygens (including phenoxy) is 1. The lowest BCUT2D eigenvalue weighted by Crippen LogP contribution is -2.47. The van der Waals surface area contributed by atoms with E-state index in [2.05, 4.69) is 27.3 Å². The molecule has 0 unspecified atom stereocenters. The average Bonchev–Trinajstić information content (AvgIpc) is 2.50. The molecule has 1 N–H and O–H groups in total. The maximum absolute atomic E-state index is 11.6. The van der Waals surface area contributed by atoms with E-state index in [0.29, 0.717) is 12.6 Å². The maximum Gasteiger partial charge on any atom is 0.322 e. The number of aromatic nitrogens is 1. The first-order valence-electron chi connectivity index (χ1n) is 7.73. The summed E-state index contributed by atoms with van der Waals surface area (Å²) in [7, 11) is 0. The lowest BCUT2D eigenvalue weighted by atomic mass is 10.0. The van der Waals surface area contributed by atoms with Crippen molar-refractivity contribution in [3.8, 4) is 0 Å². The van der Waals surface area contributed by atoms with Gasteiger partial charge in [0.1, 0.15) is 6.04 Å². The zero-order valence-corrected chi connectivity index (χ0v) is 12.9. The van der Waals surface area contributed by atoms with Gasteiger partial charge in [-0.2, -0.15) is 0 Å². The molecular weight excluding hydrogens is 266 g/mol. The van der Waals surface area contributed by atoms with Crippen molar-refractivity contribution in [2.45, 2.75) is 45.3 Å². The van der Waals surface area contributed by atoms with E-state index in [1.165, 1.54) is 5.56 Å². The van der Waals surface area contributed by atoms with Crippen molar-refractivity contribution < 1.29 is 9.53 Å². The van der Waals surface area contributed by atoms with E-state index in [9.17, 15) is 4.79 Å². The number of likely N-dealkylation sites (tertiary alicyclic amines) is 1. The van der Waals surface area contributed by atoms with Crippen molar-refractivity contribution in [2.75, 3.05) is 19.7 Å². The molecule has 0 saturated carbocycles. The molecule has 5 heteroatoms. The van der Waals surface area contributed by atoms with Crippen LogP contribution in [-0.2, 0) is 16.1 Å². The molecule has 21 heavy (non-hydrogen) atoms. The summed E-state index contributed by atoms with van der Waals surface area (Å²) in [5.41, 5.74) is 1.30. The van der Waals surface area contributed by atoms with Crippen molar-refractivity contribution in [3.63, 3.8) is 0 Å². The number of carbonyl (C=O) groups is 1. The Balaban J connectivity index is 1.72. The third-order valence-electron chi connectivity index (χ3n) is 3.87. The van der Waals surface area contributed by atoms with Crippen LogP contribution >= 0.6 is 0 Å². The van der Waals surface area contributed by atoms with Crippen molar-refractivity contribution in [1.29, 1.82) is 0 Å². The highest BCUT2D eigenvalue weighted by atomic mass is 16.5. The minimum atomic E-state index is -0.221. The van der Waals surface area contributed by atoms with Crippen LogP contribution in [0.5, 0.6) is 0 Å². The molecule has 1 aromatic heterocycles. The van der Waals surface area contributed by atoms with Gasteiger partial charge in [-0.05, 0) is 57.5 Å². The van der Waals surface area contributed by atoms with Gasteiger partial charge in [-0.3, -0.25) is 14.7 Å². The van der Waals surface area contributed by atoms with Crippen LogP contribution < -0.4 is 5.32 Å². The minimum absolute atomic E-state index is 0.156. The van der Waals surface area contributed by atoms with Crippen LogP contribution in [0.15, 0.2) is 24.5 Å². The fraction of sp³-hybridized carbons (Fsp3) is 0.625. The second-order valence-electron chi connectivity index (χ2n) is 5.55. The summed E-state index contributed by atoms with van der Waals surface area (Å²) in [6.45, 7) is 7.23. The number of carbonyl (C=O) groups excluding carboxylic acids is 1. The Hall–Kier alpha value is -1.46. The molecule has 1 aliphatic heterocycles. The molecule has 0 bridgehead atoms. The molecule has 1 aromatic rings. The van der Waals surface area contributed by atoms with Crippen molar-refractivity contribution in [3.05, 3.63) is 30.1 Å². The number of piperidine rings is 1. The van der Waals surface area contributed by atoms with E-state index >= 15 is 0 Å². The molecule has 1 aliphatic rings. The summed E-state index contributed by atoms with van der Waals surface area (Å²) < 4.78 is 5.03. The highest BCUT2D eigenvalue weighted by Gasteiger charge is 2.23. The van der Waals surface area contributed by atoms with Gasteiger partial charge in [0.05, 0.1) is 6.61 Å². The molecular formula is C16H25N3O2. The summed E-state index contributed by atoms with van der Waals surface area (Å²) in [5.74, 6) is -0.156. The Morgan fingerprint density at radius 2 is 2.10 bits per heavy atom. The Morgan fingerprint density at radius 1 is 1.43 bits per heavy atom. The van der Waals surface area contributed by atoms with E-state index in [1.807, 2.05) is 26.2 Å². The number of pyridine rings is 1. The molecule has 2 heterocycles. The molecule has 0 aliphatic carbocycles. The van der Waals surface area contributed by atoms with Crippen LogP contribution in [0.4, 0.5) is 0 Å². The van der Waals surface area contributed by atoms with Gasteiger partial charge in [0.2, 0.25) is 0 Å². The van der Waals surface area contributed by atoms with Crippen LogP contribution in [0, 0.1) is 0 Å². The summed E-state index contributed by atoms with van der Waals surface area (Å²) >= 11 is 0. The zero-order valence-electron chi connectivity index (χ0n) is 12.9. The number of hydrogen-bond donors (Lipinski definition) is 1. The van der Waals surface area contributed by atoms with Gasteiger partial charge in [0.25, 0.3) is 0 Å². The normalized spacial score (nSPS) is 18.4. The molecule has 1 atom stereocenters. The number of nitrogens with one attached hydrogen (secondary N) is 1. The highest BCUT2D eigenvalue weighted by molar-refractivity contribution is 5.75. The fourth-order valence-corrected chi connectivity index (χ4v) is 2.69. The number of nitrogens with zero attached hydrogens (tertiary/aromatic N) is 2. The van der Waals surface area contributed by atoms with E-state index in [0.717, 1.165) is 32.5 Å². The molecule has 0 radical (unpaired) electrons. The first-order chi connectivity index (χ1) is 10.2. The molecule has 2 rings (SSSR count). The van der Waals surface area contributed by atoms with Crippen molar-refractivity contribution in [2.24, 2.45) is 0 Å². The molecule has 0 amide bonds. The van der Waals surface area contributed by atoms with E-state index in [4.69, 9.17) is 4.74 Å². The first kappa shape index (κ1) is 15.9. The predicted octanol–water partition coefficient (Wildman–Crippen LogP) is 1.59. The van der Waals surface area contributed by atoms with Crippen LogP contribution in [0.1, 0.15) is 32.3 Å². The van der Waals surface area contributed by atoms with E-state index < -0.39 is 0 Å². The van der Waals surface area contributed by atoms with Gasteiger partial charge in [-0.15, -0.1) is 0 Å². The van der Waals surface area contributed by atoms with Gasteiger partial charge in [0.15, 0.2) is 0 Å². The predicted molar refractivity (Wildman–Crippen MR) is 81.8 cm³/mol. The molecule has 0 aromatic carbocycles. The largest absolute Gasteiger partial charge is 0.465 e. The first-order valence-corrected chi connectivity index (χ1v) is 7.73. The second kappa shape index (κ2) is 8.10. The standard InChI is InChI=1S/C16H25N3O2/c1-3-21-16(20)13(2)18-15-6-10-19(11-7-15)12-14-4-8-17-9-5-14/h4-5,8-9,13,15,18H,3,6-7,10-12H2,1-2H3/t13-/m0/s1. The van der Waals surface area contributed by atoms with Gasteiger partial charge < -0.3 is 10.1 Å². The lowest BCUT2D eigenvalue weighted by molar-refractivity contribution is -0.145. The Labute approximate surface area is 126 Å². The topological polar surface area (TPSA) is 54.5 Å². The van der Waals surface area contributed by atoms with Gasteiger partial charge >= 0.3 is 5.97 Å². The zero-order chi connectivity index (χ0) is 15.1. The Morgan fingerprint density at radius 3 is 2.71 bits per heavy atom. The summed E-state index contributed by atoms with van der Waals surface area (Å²) in [4.78, 5) is 18.1. The van der Waals surface area contributed by atoms with Crippen LogP contribution in [0.2, 0.25) is 0 Å². The Kier molecular flexibility index (Phi) is 6.14. The molecule has 0 spiro atoms. The number of rotatable bonds is 6. The van der Waals surface area contributed by atoms with Crippen LogP contribution in [-0.4, -0.2) is 47.6 Å². The smallest absolute Gasteiger partial charge is 0.322 e. The van der Waals surface area contributed by atoms with E-state index in [1.54, 1.807) is 0 Å². The summed E-state index contributed by atoms with van der Waals surface area (Å²) in [6.07, 6.45) is 5.80. The summed E-state index contributed by atoms with van der Waals surface area (Å²) in [6, 6.07) is 4.31. The van der Waals surface area contributed by atoms with Crippen LogP contribution in [0.3, 0.4) is 0 Å². The van der Waals surface area contributed by atoms with Crippen molar-refractivity contribution in [1.82, 2.24) is 15.2 Å². The van der Waals surface area contributed by atoms with Crippen molar-refractivity contribution >= 4 is 5.97 Å². The van der Waals surface area contributed by atoms with Crippen LogP contribution in [0.25, 0.3) is 0 Å². The monoisotopic (exact) mass is 291 g/mol. The highest BCUT2D eigenvalue weighted by Crippen LogP contribution is 2.14. The molecule has 5 nitrogen and oxygen atoms in total. The quantitative estimate of drug-likeness (QED) is 0.807. The number of esters is 1. The molecule has 116 valence electrons. The number of hydrogen-bond acceptors (Lipinski definition) is 5. The molecule has 1 saturated heterocycles. The fourth-order valence-electron chi connectivity index (χ4n) is 2.69. The molecule has 1 fully saturated rings. The maximum atomic E-state index is 11.6. The summed E-state index contributed by atoms with van der Waals surface area (Å²) in [5, 5.41) is 3.38. The van der Waals surface area contributed by atoms with Gasteiger partial charge in [-0.25, -0.2) is 0 Å². The second-order valence-corrected chi connectivity index (χ2v) is 5.55. The minimum Gasteiger partial charge on any atom is -0.465 e. The van der Waals surface area contributed by atoms with Gasteiger partial charge in [-0.1, -0.05) is 0 Å². The lowest BCUT2D eigenvalue weighted by Gasteiger charge is -2.33. The van der Waals surface area contributed by atoms with E-state index in [-0.39, 0.29) is 12.0 Å². The third-order valence-corrected chi connectivity index (χ3v) is 3.87. The average molecular weight is 291 g/mol. The Bertz CT molecular complexity index is 430.